The molecule has 0 amide bonds. The minimum Gasteiger partial charge on any atom is -0.494 e. The first-order chi connectivity index (χ1) is 11.1. The van der Waals surface area contributed by atoms with Gasteiger partial charge in [0.05, 0.1) is 6.61 Å². The minimum absolute atomic E-state index is 0.365. The molecular weight excluding hydrogens is 292 g/mol. The van der Waals surface area contributed by atoms with Crippen molar-refractivity contribution >= 4 is 0 Å². The second-order valence-electron chi connectivity index (χ2n) is 5.79. The zero-order chi connectivity index (χ0) is 16.7. The Kier molecular flexibility index (Phi) is 6.40. The van der Waals surface area contributed by atoms with Crippen LogP contribution in [0.25, 0.3) is 0 Å². The van der Waals surface area contributed by atoms with E-state index in [1.54, 1.807) is 0 Å². The SMILES string of the molecule is CCOc1ccc(OCc2c(CN)nnn2CCC(C)C)cc1. The molecule has 0 saturated heterocycles. The fourth-order valence-electron chi connectivity index (χ4n) is 2.20. The third kappa shape index (κ3) is 4.96. The van der Waals surface area contributed by atoms with Crippen molar-refractivity contribution in [2.45, 2.75) is 46.9 Å². The second-order valence-corrected chi connectivity index (χ2v) is 5.79. The van der Waals surface area contributed by atoms with E-state index in [9.17, 15) is 0 Å². The molecule has 0 saturated carbocycles. The molecule has 2 rings (SSSR count). The lowest BCUT2D eigenvalue weighted by Gasteiger charge is -2.11. The number of hydrogen-bond donors (Lipinski definition) is 1. The predicted molar refractivity (Wildman–Crippen MR) is 89.3 cm³/mol. The lowest BCUT2D eigenvalue weighted by molar-refractivity contribution is 0.287. The highest BCUT2D eigenvalue weighted by molar-refractivity contribution is 5.31. The molecule has 0 unspecified atom stereocenters. The molecule has 0 bridgehead atoms. The quantitative estimate of drug-likeness (QED) is 0.769. The van der Waals surface area contributed by atoms with E-state index in [0.717, 1.165) is 35.9 Å². The van der Waals surface area contributed by atoms with Crippen molar-refractivity contribution in [2.75, 3.05) is 6.61 Å². The lowest BCUT2D eigenvalue weighted by Crippen LogP contribution is -2.12. The number of aromatic nitrogens is 3. The summed E-state index contributed by atoms with van der Waals surface area (Å²) in [5.41, 5.74) is 7.49. The van der Waals surface area contributed by atoms with Crippen molar-refractivity contribution in [3.63, 3.8) is 0 Å². The van der Waals surface area contributed by atoms with Crippen molar-refractivity contribution in [1.29, 1.82) is 0 Å². The fourth-order valence-corrected chi connectivity index (χ4v) is 2.20. The van der Waals surface area contributed by atoms with Crippen LogP contribution in [0.3, 0.4) is 0 Å². The van der Waals surface area contributed by atoms with Crippen molar-refractivity contribution < 1.29 is 9.47 Å². The molecule has 23 heavy (non-hydrogen) atoms. The van der Waals surface area contributed by atoms with Crippen LogP contribution >= 0.6 is 0 Å². The summed E-state index contributed by atoms with van der Waals surface area (Å²) in [5.74, 6) is 2.24. The van der Waals surface area contributed by atoms with Gasteiger partial charge in [-0.2, -0.15) is 0 Å². The van der Waals surface area contributed by atoms with E-state index in [0.29, 0.717) is 25.7 Å². The number of benzene rings is 1. The molecule has 1 heterocycles. The van der Waals surface area contributed by atoms with Crippen LogP contribution in [0.5, 0.6) is 11.5 Å². The first-order valence-corrected chi connectivity index (χ1v) is 8.11. The number of nitrogens with two attached hydrogens (primary N) is 1. The summed E-state index contributed by atoms with van der Waals surface area (Å²) in [6.07, 6.45) is 1.05. The smallest absolute Gasteiger partial charge is 0.132 e. The van der Waals surface area contributed by atoms with Gasteiger partial charge in [0.15, 0.2) is 0 Å². The molecule has 2 aromatic rings. The predicted octanol–water partition coefficient (Wildman–Crippen LogP) is 2.76. The van der Waals surface area contributed by atoms with Crippen molar-refractivity contribution in [2.24, 2.45) is 11.7 Å². The van der Waals surface area contributed by atoms with E-state index in [4.69, 9.17) is 15.2 Å². The Bertz CT molecular complexity index is 593. The van der Waals surface area contributed by atoms with E-state index in [-0.39, 0.29) is 0 Å². The van der Waals surface area contributed by atoms with Crippen molar-refractivity contribution in [3.05, 3.63) is 35.7 Å². The van der Waals surface area contributed by atoms with Crippen LogP contribution in [-0.4, -0.2) is 21.6 Å². The molecule has 0 radical (unpaired) electrons. The van der Waals surface area contributed by atoms with Crippen LogP contribution in [0.15, 0.2) is 24.3 Å². The monoisotopic (exact) mass is 318 g/mol. The fraction of sp³-hybridized carbons (Fsp3) is 0.529. The Balaban J connectivity index is 2.02. The van der Waals surface area contributed by atoms with Gasteiger partial charge in [-0.15, -0.1) is 5.10 Å². The molecule has 1 aromatic carbocycles. The first kappa shape index (κ1) is 17.3. The molecule has 0 fully saturated rings. The largest absolute Gasteiger partial charge is 0.494 e. The summed E-state index contributed by atoms with van der Waals surface area (Å²) in [7, 11) is 0. The zero-order valence-electron chi connectivity index (χ0n) is 14.2. The summed E-state index contributed by atoms with van der Waals surface area (Å²) in [5, 5.41) is 8.35. The second kappa shape index (κ2) is 8.53. The van der Waals surface area contributed by atoms with Gasteiger partial charge >= 0.3 is 0 Å². The Hall–Kier alpha value is -2.08. The maximum absolute atomic E-state index is 5.86. The van der Waals surface area contributed by atoms with Gasteiger partial charge in [-0.3, -0.25) is 0 Å². The normalized spacial score (nSPS) is 11.0. The standard InChI is InChI=1S/C17H26N4O2/c1-4-22-14-5-7-15(8-6-14)23-12-17-16(11-18)19-20-21(17)10-9-13(2)3/h5-8,13H,4,9-12,18H2,1-3H3. The summed E-state index contributed by atoms with van der Waals surface area (Å²) < 4.78 is 13.2. The molecule has 0 atom stereocenters. The van der Waals surface area contributed by atoms with Gasteiger partial charge in [-0.25, -0.2) is 4.68 Å². The van der Waals surface area contributed by atoms with Crippen LogP contribution in [0.1, 0.15) is 38.6 Å². The number of nitrogens with zero attached hydrogens (tertiary/aromatic N) is 3. The molecular formula is C17H26N4O2. The maximum atomic E-state index is 5.86. The van der Waals surface area contributed by atoms with Crippen molar-refractivity contribution in [3.8, 4) is 11.5 Å². The molecule has 6 heteroatoms. The highest BCUT2D eigenvalue weighted by atomic mass is 16.5. The van der Waals surface area contributed by atoms with Gasteiger partial charge in [0.1, 0.15) is 29.5 Å². The van der Waals surface area contributed by atoms with E-state index in [1.807, 2.05) is 35.9 Å². The molecule has 2 N–H and O–H groups in total. The van der Waals surface area contributed by atoms with E-state index in [1.165, 1.54) is 0 Å². The van der Waals surface area contributed by atoms with Crippen LogP contribution < -0.4 is 15.2 Å². The van der Waals surface area contributed by atoms with Crippen LogP contribution in [0, 0.1) is 5.92 Å². The summed E-state index contributed by atoms with van der Waals surface area (Å²) in [6, 6.07) is 7.60. The highest BCUT2D eigenvalue weighted by Crippen LogP contribution is 2.19. The van der Waals surface area contributed by atoms with Gasteiger partial charge in [-0.1, -0.05) is 19.1 Å². The Morgan fingerprint density at radius 2 is 1.78 bits per heavy atom. The van der Waals surface area contributed by atoms with Gasteiger partial charge in [-0.05, 0) is 43.5 Å². The van der Waals surface area contributed by atoms with E-state index >= 15 is 0 Å². The van der Waals surface area contributed by atoms with Crippen molar-refractivity contribution in [1.82, 2.24) is 15.0 Å². The minimum atomic E-state index is 0.365. The summed E-state index contributed by atoms with van der Waals surface area (Å²) in [4.78, 5) is 0. The molecule has 6 nitrogen and oxygen atoms in total. The number of ether oxygens (including phenoxy) is 2. The number of hydrogen-bond acceptors (Lipinski definition) is 5. The van der Waals surface area contributed by atoms with E-state index in [2.05, 4.69) is 24.2 Å². The third-order valence-corrected chi connectivity index (χ3v) is 3.54. The first-order valence-electron chi connectivity index (χ1n) is 8.11. The molecule has 0 aliphatic heterocycles. The Labute approximate surface area is 137 Å². The van der Waals surface area contributed by atoms with Crippen LogP contribution in [0.4, 0.5) is 0 Å². The molecule has 126 valence electrons. The highest BCUT2D eigenvalue weighted by Gasteiger charge is 2.13. The third-order valence-electron chi connectivity index (χ3n) is 3.54. The summed E-state index contributed by atoms with van der Waals surface area (Å²) >= 11 is 0. The molecule has 1 aromatic heterocycles. The van der Waals surface area contributed by atoms with Crippen LogP contribution in [0.2, 0.25) is 0 Å². The average Bonchev–Trinajstić information content (AvgIpc) is 2.94. The molecule has 0 aliphatic carbocycles. The maximum Gasteiger partial charge on any atom is 0.132 e. The zero-order valence-corrected chi connectivity index (χ0v) is 14.2. The van der Waals surface area contributed by atoms with Gasteiger partial charge < -0.3 is 15.2 Å². The lowest BCUT2D eigenvalue weighted by atomic mass is 10.1. The Morgan fingerprint density at radius 3 is 2.35 bits per heavy atom. The van der Waals surface area contributed by atoms with Crippen LogP contribution in [-0.2, 0) is 19.7 Å². The molecule has 0 spiro atoms. The molecule has 0 aliphatic rings. The van der Waals surface area contributed by atoms with Gasteiger partial charge in [0.25, 0.3) is 0 Å². The van der Waals surface area contributed by atoms with E-state index < -0.39 is 0 Å². The van der Waals surface area contributed by atoms with Gasteiger partial charge in [0, 0.05) is 13.1 Å². The average molecular weight is 318 g/mol. The Morgan fingerprint density at radius 1 is 1.13 bits per heavy atom. The summed E-state index contributed by atoms with van der Waals surface area (Å²) in [6.45, 7) is 8.60. The number of rotatable bonds is 9. The van der Waals surface area contributed by atoms with Gasteiger partial charge in [0.2, 0.25) is 0 Å². The number of aryl methyl sites for hydroxylation is 1. The topological polar surface area (TPSA) is 75.2 Å².